The SMILES string of the molecule is CC(C)(C)N1CC(c2ccc(Cl)c(-c3cccc(CC(=O)O)c3)c2)CC1=O. The van der Waals surface area contributed by atoms with Gasteiger partial charge in [0.05, 0.1) is 6.42 Å². The fourth-order valence-electron chi connectivity index (χ4n) is 3.62. The monoisotopic (exact) mass is 385 g/mol. The lowest BCUT2D eigenvalue weighted by Gasteiger charge is -2.32. The first-order valence-electron chi connectivity index (χ1n) is 9.06. The van der Waals surface area contributed by atoms with Crippen molar-refractivity contribution in [3.05, 3.63) is 58.6 Å². The highest BCUT2D eigenvalue weighted by atomic mass is 35.5. The predicted molar refractivity (Wildman–Crippen MR) is 107 cm³/mol. The second-order valence-corrected chi connectivity index (χ2v) is 8.49. The number of hydrogen-bond donors (Lipinski definition) is 1. The fourth-order valence-corrected chi connectivity index (χ4v) is 3.85. The van der Waals surface area contributed by atoms with Crippen molar-refractivity contribution >= 4 is 23.5 Å². The maximum absolute atomic E-state index is 12.4. The molecule has 1 aliphatic heterocycles. The average molecular weight is 386 g/mol. The van der Waals surface area contributed by atoms with Crippen LogP contribution in [0.2, 0.25) is 5.02 Å². The number of rotatable bonds is 4. The zero-order valence-electron chi connectivity index (χ0n) is 15.8. The molecule has 1 amide bonds. The number of carbonyl (C=O) groups is 2. The minimum atomic E-state index is -0.862. The van der Waals surface area contributed by atoms with Gasteiger partial charge in [-0.1, -0.05) is 41.9 Å². The molecule has 5 heteroatoms. The molecule has 1 saturated heterocycles. The third kappa shape index (κ3) is 4.33. The van der Waals surface area contributed by atoms with Gasteiger partial charge in [0.25, 0.3) is 0 Å². The highest BCUT2D eigenvalue weighted by Crippen LogP contribution is 2.36. The van der Waals surface area contributed by atoms with Crippen molar-refractivity contribution in [1.29, 1.82) is 0 Å². The molecule has 142 valence electrons. The van der Waals surface area contributed by atoms with E-state index in [4.69, 9.17) is 16.7 Å². The summed E-state index contributed by atoms with van der Waals surface area (Å²) in [7, 11) is 0. The van der Waals surface area contributed by atoms with Gasteiger partial charge >= 0.3 is 5.97 Å². The molecule has 0 aromatic heterocycles. The Balaban J connectivity index is 1.92. The van der Waals surface area contributed by atoms with E-state index in [0.29, 0.717) is 18.0 Å². The van der Waals surface area contributed by atoms with E-state index in [1.54, 1.807) is 6.07 Å². The Morgan fingerprint density at radius 1 is 1.22 bits per heavy atom. The van der Waals surface area contributed by atoms with Gasteiger partial charge in [0.15, 0.2) is 0 Å². The summed E-state index contributed by atoms with van der Waals surface area (Å²) >= 11 is 6.43. The first kappa shape index (κ1) is 19.4. The quantitative estimate of drug-likeness (QED) is 0.826. The minimum absolute atomic E-state index is 0.0250. The second-order valence-electron chi connectivity index (χ2n) is 8.09. The van der Waals surface area contributed by atoms with Crippen LogP contribution in [0.1, 0.15) is 44.2 Å². The number of likely N-dealkylation sites (tertiary alicyclic amines) is 1. The smallest absolute Gasteiger partial charge is 0.307 e. The topological polar surface area (TPSA) is 57.6 Å². The van der Waals surface area contributed by atoms with Gasteiger partial charge in [-0.25, -0.2) is 0 Å². The van der Waals surface area contributed by atoms with Crippen LogP contribution in [0.25, 0.3) is 11.1 Å². The van der Waals surface area contributed by atoms with Crippen molar-refractivity contribution in [2.24, 2.45) is 0 Å². The van der Waals surface area contributed by atoms with Gasteiger partial charge in [-0.2, -0.15) is 0 Å². The third-order valence-corrected chi connectivity index (χ3v) is 5.32. The standard InChI is InChI=1S/C22H24ClNO3/c1-22(2,3)24-13-17(12-20(24)25)15-7-8-19(23)18(11-15)16-6-4-5-14(9-16)10-21(26)27/h4-9,11,17H,10,12-13H2,1-3H3,(H,26,27). The molecule has 27 heavy (non-hydrogen) atoms. The molecule has 0 radical (unpaired) electrons. The number of carboxylic acids is 1. The molecule has 1 heterocycles. The van der Waals surface area contributed by atoms with E-state index < -0.39 is 5.97 Å². The molecule has 1 fully saturated rings. The van der Waals surface area contributed by atoms with Crippen molar-refractivity contribution in [3.8, 4) is 11.1 Å². The molecule has 3 rings (SSSR count). The minimum Gasteiger partial charge on any atom is -0.481 e. The lowest BCUT2D eigenvalue weighted by atomic mass is 9.93. The predicted octanol–water partition coefficient (Wildman–Crippen LogP) is 4.75. The van der Waals surface area contributed by atoms with Crippen LogP contribution in [-0.2, 0) is 16.0 Å². The molecule has 1 aliphatic rings. The van der Waals surface area contributed by atoms with E-state index in [2.05, 4.69) is 20.8 Å². The van der Waals surface area contributed by atoms with E-state index in [-0.39, 0.29) is 23.8 Å². The Morgan fingerprint density at radius 2 is 1.96 bits per heavy atom. The zero-order chi connectivity index (χ0) is 19.8. The molecule has 1 unspecified atom stereocenters. The van der Waals surface area contributed by atoms with Crippen LogP contribution in [0.3, 0.4) is 0 Å². The molecule has 0 aliphatic carbocycles. The molecule has 2 aromatic rings. The summed E-state index contributed by atoms with van der Waals surface area (Å²) < 4.78 is 0. The van der Waals surface area contributed by atoms with Gasteiger partial charge in [-0.3, -0.25) is 9.59 Å². The van der Waals surface area contributed by atoms with Crippen LogP contribution in [0.5, 0.6) is 0 Å². The Hall–Kier alpha value is -2.33. The highest BCUT2D eigenvalue weighted by Gasteiger charge is 2.36. The first-order chi connectivity index (χ1) is 12.6. The summed E-state index contributed by atoms with van der Waals surface area (Å²) in [6, 6.07) is 13.3. The third-order valence-electron chi connectivity index (χ3n) is 4.99. The largest absolute Gasteiger partial charge is 0.481 e. The van der Waals surface area contributed by atoms with E-state index in [0.717, 1.165) is 22.3 Å². The van der Waals surface area contributed by atoms with Gasteiger partial charge < -0.3 is 10.0 Å². The number of hydrogen-bond acceptors (Lipinski definition) is 2. The summed E-state index contributed by atoms with van der Waals surface area (Å²) in [6.45, 7) is 6.85. The van der Waals surface area contributed by atoms with Crippen LogP contribution in [-0.4, -0.2) is 34.0 Å². The maximum atomic E-state index is 12.4. The Bertz CT molecular complexity index is 885. The number of aliphatic carboxylic acids is 1. The Morgan fingerprint density at radius 3 is 2.59 bits per heavy atom. The van der Waals surface area contributed by atoms with Crippen molar-refractivity contribution in [3.63, 3.8) is 0 Å². The highest BCUT2D eigenvalue weighted by molar-refractivity contribution is 6.33. The van der Waals surface area contributed by atoms with Gasteiger partial charge in [0.1, 0.15) is 0 Å². The van der Waals surface area contributed by atoms with Crippen LogP contribution >= 0.6 is 11.6 Å². The molecule has 1 atom stereocenters. The molecule has 0 spiro atoms. The number of amides is 1. The second kappa shape index (κ2) is 7.35. The fraction of sp³-hybridized carbons (Fsp3) is 0.364. The van der Waals surface area contributed by atoms with E-state index in [1.165, 1.54) is 0 Å². The average Bonchev–Trinajstić information content (AvgIpc) is 2.97. The van der Waals surface area contributed by atoms with Crippen molar-refractivity contribution in [2.75, 3.05) is 6.54 Å². The normalized spacial score (nSPS) is 17.4. The van der Waals surface area contributed by atoms with E-state index in [1.807, 2.05) is 41.3 Å². The summed E-state index contributed by atoms with van der Waals surface area (Å²) in [5.74, 6) is -0.555. The van der Waals surface area contributed by atoms with E-state index in [9.17, 15) is 9.59 Å². The van der Waals surface area contributed by atoms with Crippen LogP contribution < -0.4 is 0 Å². The van der Waals surface area contributed by atoms with Gasteiger partial charge in [-0.05, 0) is 49.6 Å². The van der Waals surface area contributed by atoms with E-state index >= 15 is 0 Å². The molecule has 1 N–H and O–H groups in total. The van der Waals surface area contributed by atoms with Crippen molar-refractivity contribution in [1.82, 2.24) is 4.90 Å². The van der Waals surface area contributed by atoms with Gasteiger partial charge in [-0.15, -0.1) is 0 Å². The summed E-state index contributed by atoms with van der Waals surface area (Å²) in [5.41, 5.74) is 3.38. The molecular weight excluding hydrogens is 362 g/mol. The lowest BCUT2D eigenvalue weighted by Crippen LogP contribution is -2.42. The Kier molecular flexibility index (Phi) is 5.29. The van der Waals surface area contributed by atoms with Crippen LogP contribution in [0, 0.1) is 0 Å². The van der Waals surface area contributed by atoms with Gasteiger partial charge in [0.2, 0.25) is 5.91 Å². The summed E-state index contributed by atoms with van der Waals surface area (Å²) in [5, 5.41) is 9.64. The maximum Gasteiger partial charge on any atom is 0.307 e. The Labute approximate surface area is 164 Å². The number of benzene rings is 2. The summed E-state index contributed by atoms with van der Waals surface area (Å²) in [4.78, 5) is 25.3. The molecule has 0 saturated carbocycles. The first-order valence-corrected chi connectivity index (χ1v) is 9.44. The lowest BCUT2D eigenvalue weighted by molar-refractivity contribution is -0.136. The number of carboxylic acid groups (broad SMARTS) is 1. The number of nitrogens with zero attached hydrogens (tertiary/aromatic N) is 1. The molecule has 2 aromatic carbocycles. The number of carbonyl (C=O) groups excluding carboxylic acids is 1. The van der Waals surface area contributed by atoms with Crippen molar-refractivity contribution in [2.45, 2.75) is 45.1 Å². The molecular formula is C22H24ClNO3. The van der Waals surface area contributed by atoms with Crippen LogP contribution in [0.4, 0.5) is 0 Å². The molecule has 0 bridgehead atoms. The number of halogens is 1. The van der Waals surface area contributed by atoms with Gasteiger partial charge in [0, 0.05) is 35.0 Å². The van der Waals surface area contributed by atoms with Crippen LogP contribution in [0.15, 0.2) is 42.5 Å². The van der Waals surface area contributed by atoms with Crippen molar-refractivity contribution < 1.29 is 14.7 Å². The zero-order valence-corrected chi connectivity index (χ0v) is 16.6. The molecule has 4 nitrogen and oxygen atoms in total. The summed E-state index contributed by atoms with van der Waals surface area (Å²) in [6.07, 6.45) is 0.472.